The fourth-order valence-corrected chi connectivity index (χ4v) is 3.65. The monoisotopic (exact) mass is 289 g/mol. The predicted molar refractivity (Wildman–Crippen MR) is 88.9 cm³/mol. The molecule has 1 atom stereocenters. The third kappa shape index (κ3) is 2.07. The Kier molecular flexibility index (Phi) is 3.11. The Balaban J connectivity index is 1.77. The maximum absolute atomic E-state index is 13.0. The average molecular weight is 289 g/mol. The predicted octanol–water partition coefficient (Wildman–Crippen LogP) is 4.21. The summed E-state index contributed by atoms with van der Waals surface area (Å²) in [5, 5.41) is 0. The van der Waals surface area contributed by atoms with E-state index in [0.29, 0.717) is 6.54 Å². The first kappa shape index (κ1) is 13.3. The van der Waals surface area contributed by atoms with Crippen LogP contribution in [-0.4, -0.2) is 5.91 Å². The van der Waals surface area contributed by atoms with Gasteiger partial charge >= 0.3 is 0 Å². The number of carbonyl (C=O) groups is 1. The van der Waals surface area contributed by atoms with E-state index in [2.05, 4.69) is 43.3 Å². The van der Waals surface area contributed by atoms with Crippen LogP contribution < -0.4 is 4.90 Å². The second-order valence-corrected chi connectivity index (χ2v) is 6.27. The van der Waals surface area contributed by atoms with Crippen molar-refractivity contribution in [3.05, 3.63) is 76.9 Å². The molecule has 1 heterocycles. The highest BCUT2D eigenvalue weighted by atomic mass is 16.2. The molecule has 0 aromatic heterocycles. The maximum Gasteiger partial charge on any atom is 0.235 e. The molecule has 0 bridgehead atoms. The van der Waals surface area contributed by atoms with Crippen molar-refractivity contribution in [3.8, 4) is 0 Å². The number of rotatable bonds is 2. The van der Waals surface area contributed by atoms with Gasteiger partial charge in [0, 0.05) is 5.69 Å². The van der Waals surface area contributed by atoms with Crippen molar-refractivity contribution in [2.45, 2.75) is 32.2 Å². The highest BCUT2D eigenvalue weighted by Gasteiger charge is 2.39. The minimum absolute atomic E-state index is 0.00802. The summed E-state index contributed by atoms with van der Waals surface area (Å²) < 4.78 is 0. The third-order valence-electron chi connectivity index (χ3n) is 4.76. The fraction of sp³-hybridized carbons (Fsp3) is 0.250. The second kappa shape index (κ2) is 5.13. The van der Waals surface area contributed by atoms with Crippen molar-refractivity contribution < 1.29 is 4.79 Å². The van der Waals surface area contributed by atoms with Crippen LogP contribution in [0.4, 0.5) is 5.69 Å². The Morgan fingerprint density at radius 3 is 2.73 bits per heavy atom. The van der Waals surface area contributed by atoms with Gasteiger partial charge in [-0.25, -0.2) is 0 Å². The molecular weight excluding hydrogens is 270 g/mol. The molecule has 1 aliphatic carbocycles. The minimum atomic E-state index is 0.00802. The highest BCUT2D eigenvalue weighted by molar-refractivity contribution is 6.05. The lowest BCUT2D eigenvalue weighted by atomic mass is 9.92. The molecule has 2 aromatic carbocycles. The maximum atomic E-state index is 13.0. The molecular formula is C20H19NO. The van der Waals surface area contributed by atoms with Crippen molar-refractivity contribution >= 4 is 11.6 Å². The Hall–Kier alpha value is -2.35. The summed E-state index contributed by atoms with van der Waals surface area (Å²) in [5.74, 6) is 0.259. The minimum Gasteiger partial charge on any atom is -0.307 e. The van der Waals surface area contributed by atoms with Gasteiger partial charge in [-0.05, 0) is 42.5 Å². The number of hydrogen-bond acceptors (Lipinski definition) is 1. The molecule has 2 aliphatic rings. The molecule has 0 fully saturated rings. The van der Waals surface area contributed by atoms with E-state index in [0.717, 1.165) is 18.5 Å². The summed E-state index contributed by atoms with van der Waals surface area (Å²) in [5.41, 5.74) is 6.18. The van der Waals surface area contributed by atoms with Gasteiger partial charge in [-0.1, -0.05) is 54.1 Å². The highest BCUT2D eigenvalue weighted by Crippen LogP contribution is 2.44. The van der Waals surface area contributed by atoms with Gasteiger partial charge in [0.2, 0.25) is 5.91 Å². The van der Waals surface area contributed by atoms with E-state index in [1.54, 1.807) is 0 Å². The Morgan fingerprint density at radius 2 is 1.91 bits per heavy atom. The van der Waals surface area contributed by atoms with E-state index < -0.39 is 0 Å². The van der Waals surface area contributed by atoms with E-state index in [-0.39, 0.29) is 11.8 Å². The first-order valence-electron chi connectivity index (χ1n) is 7.87. The van der Waals surface area contributed by atoms with E-state index >= 15 is 0 Å². The van der Waals surface area contributed by atoms with Crippen LogP contribution >= 0.6 is 0 Å². The number of benzene rings is 2. The summed E-state index contributed by atoms with van der Waals surface area (Å²) in [6.07, 6.45) is 4.06. The number of nitrogens with zero attached hydrogens (tertiary/aromatic N) is 1. The van der Waals surface area contributed by atoms with Crippen molar-refractivity contribution in [3.63, 3.8) is 0 Å². The molecule has 2 aromatic rings. The van der Waals surface area contributed by atoms with Gasteiger partial charge < -0.3 is 4.90 Å². The topological polar surface area (TPSA) is 20.3 Å². The van der Waals surface area contributed by atoms with Gasteiger partial charge in [0.15, 0.2) is 0 Å². The summed E-state index contributed by atoms with van der Waals surface area (Å²) >= 11 is 0. The zero-order chi connectivity index (χ0) is 15.1. The molecule has 22 heavy (non-hydrogen) atoms. The molecule has 0 radical (unpaired) electrons. The van der Waals surface area contributed by atoms with E-state index in [1.807, 2.05) is 23.1 Å². The van der Waals surface area contributed by atoms with Crippen LogP contribution in [-0.2, 0) is 17.8 Å². The van der Waals surface area contributed by atoms with Crippen molar-refractivity contribution in [1.29, 1.82) is 0 Å². The first-order valence-corrected chi connectivity index (χ1v) is 7.87. The van der Waals surface area contributed by atoms with Crippen LogP contribution in [0.5, 0.6) is 0 Å². The van der Waals surface area contributed by atoms with Crippen molar-refractivity contribution in [2.24, 2.45) is 0 Å². The molecule has 2 nitrogen and oxygen atoms in total. The lowest BCUT2D eigenvalue weighted by molar-refractivity contribution is -0.119. The molecule has 4 rings (SSSR count). The summed E-state index contributed by atoms with van der Waals surface area (Å²) in [7, 11) is 0. The van der Waals surface area contributed by atoms with Crippen LogP contribution in [0.25, 0.3) is 0 Å². The van der Waals surface area contributed by atoms with Crippen LogP contribution in [0.1, 0.15) is 36.0 Å². The van der Waals surface area contributed by atoms with Crippen LogP contribution in [0.3, 0.4) is 0 Å². The summed E-state index contributed by atoms with van der Waals surface area (Å²) in [4.78, 5) is 15.0. The van der Waals surface area contributed by atoms with E-state index in [9.17, 15) is 4.79 Å². The quantitative estimate of drug-likeness (QED) is 0.758. The number of allylic oxidation sites excluding steroid dienone is 2. The number of anilines is 1. The standard InChI is InChI=1S/C20H19NO/c1-14-10-11-16-8-5-9-18-19(16)17(12-14)20(22)21(18)13-15-6-3-2-4-7-15/h2-10,17H,11-13H2,1H3. The first-order chi connectivity index (χ1) is 10.7. The Bertz CT molecular complexity index is 761. The lowest BCUT2D eigenvalue weighted by Gasteiger charge is -2.18. The SMILES string of the molecule is CC1=CCc2cccc3c2C(C1)C(=O)N3Cc1ccccc1. The Labute approximate surface area is 131 Å². The molecule has 0 saturated carbocycles. The number of hydrogen-bond donors (Lipinski definition) is 0. The Morgan fingerprint density at radius 1 is 1.09 bits per heavy atom. The molecule has 1 amide bonds. The fourth-order valence-electron chi connectivity index (χ4n) is 3.65. The third-order valence-corrected chi connectivity index (χ3v) is 4.76. The normalized spacial score (nSPS) is 19.7. The molecule has 110 valence electrons. The summed E-state index contributed by atoms with van der Waals surface area (Å²) in [6, 6.07) is 16.6. The zero-order valence-corrected chi connectivity index (χ0v) is 12.8. The molecule has 0 N–H and O–H groups in total. The van der Waals surface area contributed by atoms with Crippen LogP contribution in [0.15, 0.2) is 60.2 Å². The second-order valence-electron chi connectivity index (χ2n) is 6.27. The molecule has 0 spiro atoms. The number of amides is 1. The number of carbonyl (C=O) groups excluding carboxylic acids is 1. The zero-order valence-electron chi connectivity index (χ0n) is 12.8. The van der Waals surface area contributed by atoms with Gasteiger partial charge in [0.05, 0.1) is 12.5 Å². The van der Waals surface area contributed by atoms with Gasteiger partial charge in [0.25, 0.3) is 0 Å². The summed E-state index contributed by atoms with van der Waals surface area (Å²) in [6.45, 7) is 2.80. The van der Waals surface area contributed by atoms with Gasteiger partial charge in [-0.3, -0.25) is 4.79 Å². The smallest absolute Gasteiger partial charge is 0.235 e. The largest absolute Gasteiger partial charge is 0.307 e. The van der Waals surface area contributed by atoms with Gasteiger partial charge in [-0.15, -0.1) is 0 Å². The van der Waals surface area contributed by atoms with Crippen LogP contribution in [0.2, 0.25) is 0 Å². The van der Waals surface area contributed by atoms with E-state index in [4.69, 9.17) is 0 Å². The molecule has 1 unspecified atom stereocenters. The molecule has 2 heteroatoms. The molecule has 1 aliphatic heterocycles. The average Bonchev–Trinajstić information content (AvgIpc) is 2.70. The van der Waals surface area contributed by atoms with E-state index in [1.165, 1.54) is 22.3 Å². The lowest BCUT2D eigenvalue weighted by Crippen LogP contribution is -2.28. The van der Waals surface area contributed by atoms with Gasteiger partial charge in [0.1, 0.15) is 0 Å². The van der Waals surface area contributed by atoms with Crippen molar-refractivity contribution in [2.75, 3.05) is 4.90 Å². The van der Waals surface area contributed by atoms with Crippen LogP contribution in [0, 0.1) is 0 Å². The van der Waals surface area contributed by atoms with Crippen molar-refractivity contribution in [1.82, 2.24) is 0 Å². The van der Waals surface area contributed by atoms with Gasteiger partial charge in [-0.2, -0.15) is 0 Å². The molecule has 0 saturated heterocycles.